The summed E-state index contributed by atoms with van der Waals surface area (Å²) in [6.45, 7) is 0. The molecule has 2 aromatic carbocycles. The highest BCUT2D eigenvalue weighted by molar-refractivity contribution is 8.00. The van der Waals surface area contributed by atoms with E-state index in [0.717, 1.165) is 16.2 Å². The van der Waals surface area contributed by atoms with Gasteiger partial charge in [-0.2, -0.15) is 0 Å². The predicted octanol–water partition coefficient (Wildman–Crippen LogP) is 3.85. The van der Waals surface area contributed by atoms with Crippen molar-refractivity contribution in [2.75, 3.05) is 21.1 Å². The lowest BCUT2D eigenvalue weighted by Crippen LogP contribution is -2.20. The van der Waals surface area contributed by atoms with Gasteiger partial charge in [-0.1, -0.05) is 18.2 Å². The van der Waals surface area contributed by atoms with Gasteiger partial charge in [0.15, 0.2) is 0 Å². The molecule has 29 heavy (non-hydrogen) atoms. The number of anilines is 3. The first-order chi connectivity index (χ1) is 13.9. The number of thioether (sulfide) groups is 1. The number of thiophene rings is 1. The molecule has 0 unspecified atom stereocenters. The maximum Gasteiger partial charge on any atom is 0.271 e. The lowest BCUT2D eigenvalue weighted by molar-refractivity contribution is -0.113. The van der Waals surface area contributed by atoms with Crippen LogP contribution in [0.15, 0.2) is 69.1 Å². The standard InChI is InChI=1S/C19H15N3O4S3/c23-17-11-28-16-8-7-12(10-15(16)20-17)19(24)21-13-4-1-2-5-14(13)22-29(25,26)18-6-3-9-27-18/h1-10,22H,11H2,(H,20,23)(H,21,24). The Labute approximate surface area is 175 Å². The van der Waals surface area contributed by atoms with Crippen LogP contribution in [0.2, 0.25) is 0 Å². The normalized spacial score (nSPS) is 13.3. The number of rotatable bonds is 5. The molecule has 0 spiro atoms. The van der Waals surface area contributed by atoms with Crippen molar-refractivity contribution in [3.05, 3.63) is 65.5 Å². The van der Waals surface area contributed by atoms with Crippen LogP contribution in [0.4, 0.5) is 17.1 Å². The van der Waals surface area contributed by atoms with Crippen LogP contribution in [0.25, 0.3) is 0 Å². The number of para-hydroxylation sites is 2. The number of nitrogens with one attached hydrogen (secondary N) is 3. The molecular formula is C19H15N3O4S3. The Morgan fingerprint density at radius 1 is 1.03 bits per heavy atom. The van der Waals surface area contributed by atoms with Crippen LogP contribution in [-0.2, 0) is 14.8 Å². The lowest BCUT2D eigenvalue weighted by Gasteiger charge is -2.17. The van der Waals surface area contributed by atoms with Crippen LogP contribution in [0, 0.1) is 0 Å². The Morgan fingerprint density at radius 3 is 2.59 bits per heavy atom. The molecule has 0 atom stereocenters. The molecule has 3 N–H and O–H groups in total. The van der Waals surface area contributed by atoms with E-state index >= 15 is 0 Å². The first-order valence-corrected chi connectivity index (χ1v) is 11.8. The van der Waals surface area contributed by atoms with Crippen molar-refractivity contribution in [3.8, 4) is 0 Å². The molecule has 0 radical (unpaired) electrons. The maximum atomic E-state index is 12.7. The van der Waals surface area contributed by atoms with Gasteiger partial charge in [0, 0.05) is 10.5 Å². The third-order valence-corrected chi connectivity index (χ3v) is 7.89. The van der Waals surface area contributed by atoms with E-state index in [1.54, 1.807) is 53.9 Å². The van der Waals surface area contributed by atoms with Crippen LogP contribution >= 0.6 is 23.1 Å². The second kappa shape index (κ2) is 7.90. The third-order valence-electron chi connectivity index (χ3n) is 4.05. The molecule has 0 fully saturated rings. The number of fused-ring (bicyclic) bond motifs is 1. The summed E-state index contributed by atoms with van der Waals surface area (Å²) in [5.74, 6) is -0.190. The lowest BCUT2D eigenvalue weighted by atomic mass is 10.1. The van der Waals surface area contributed by atoms with E-state index < -0.39 is 15.9 Å². The topological polar surface area (TPSA) is 104 Å². The Balaban J connectivity index is 1.57. The van der Waals surface area contributed by atoms with E-state index in [1.165, 1.54) is 17.8 Å². The number of carbonyl (C=O) groups is 2. The summed E-state index contributed by atoms with van der Waals surface area (Å²) in [7, 11) is -3.74. The molecule has 3 aromatic rings. The quantitative estimate of drug-likeness (QED) is 0.553. The van der Waals surface area contributed by atoms with Gasteiger partial charge in [-0.25, -0.2) is 8.42 Å². The van der Waals surface area contributed by atoms with E-state index in [9.17, 15) is 18.0 Å². The summed E-state index contributed by atoms with van der Waals surface area (Å²) in [5.41, 5.74) is 1.53. The molecule has 2 heterocycles. The van der Waals surface area contributed by atoms with Crippen LogP contribution < -0.4 is 15.4 Å². The molecule has 1 aromatic heterocycles. The average Bonchev–Trinajstić information content (AvgIpc) is 3.24. The van der Waals surface area contributed by atoms with Crippen LogP contribution in [0.1, 0.15) is 10.4 Å². The zero-order valence-electron chi connectivity index (χ0n) is 14.8. The highest BCUT2D eigenvalue weighted by Crippen LogP contribution is 2.32. The number of sulfonamides is 1. The molecule has 0 saturated carbocycles. The molecule has 1 aliphatic heterocycles. The molecule has 148 valence electrons. The summed E-state index contributed by atoms with van der Waals surface area (Å²) in [5, 5.41) is 7.15. The van der Waals surface area contributed by atoms with Gasteiger partial charge in [0.2, 0.25) is 5.91 Å². The number of carbonyl (C=O) groups excluding carboxylic acids is 2. The van der Waals surface area contributed by atoms with Crippen molar-refractivity contribution >= 4 is 62.0 Å². The Morgan fingerprint density at radius 2 is 1.83 bits per heavy atom. The number of hydrogen-bond donors (Lipinski definition) is 3. The number of hydrogen-bond acceptors (Lipinski definition) is 6. The van der Waals surface area contributed by atoms with Gasteiger partial charge in [-0.05, 0) is 41.8 Å². The number of benzene rings is 2. The Kier molecular flexibility index (Phi) is 5.31. The molecule has 7 nitrogen and oxygen atoms in total. The van der Waals surface area contributed by atoms with Crippen molar-refractivity contribution < 1.29 is 18.0 Å². The van der Waals surface area contributed by atoms with Crippen molar-refractivity contribution in [1.82, 2.24) is 0 Å². The molecule has 1 aliphatic rings. The fourth-order valence-electron chi connectivity index (χ4n) is 2.71. The SMILES string of the molecule is O=C1CSc2ccc(C(=O)Nc3ccccc3NS(=O)(=O)c3cccs3)cc2N1. The molecular weight excluding hydrogens is 430 g/mol. The van der Waals surface area contributed by atoms with Gasteiger partial charge < -0.3 is 10.6 Å². The monoisotopic (exact) mass is 445 g/mol. The average molecular weight is 446 g/mol. The molecule has 10 heteroatoms. The zero-order valence-corrected chi connectivity index (χ0v) is 17.3. The van der Waals surface area contributed by atoms with Gasteiger partial charge in [-0.3, -0.25) is 14.3 Å². The van der Waals surface area contributed by atoms with Gasteiger partial charge in [0.05, 0.1) is 22.8 Å². The van der Waals surface area contributed by atoms with Gasteiger partial charge >= 0.3 is 0 Å². The molecule has 0 aliphatic carbocycles. The molecule has 0 bridgehead atoms. The Bertz CT molecular complexity index is 1190. The highest BCUT2D eigenvalue weighted by atomic mass is 32.2. The summed E-state index contributed by atoms with van der Waals surface area (Å²) in [4.78, 5) is 25.2. The smallest absolute Gasteiger partial charge is 0.271 e. The van der Waals surface area contributed by atoms with Crippen molar-refractivity contribution in [3.63, 3.8) is 0 Å². The predicted molar refractivity (Wildman–Crippen MR) is 115 cm³/mol. The molecule has 2 amide bonds. The number of amides is 2. The van der Waals surface area contributed by atoms with Crippen molar-refractivity contribution in [2.45, 2.75) is 9.10 Å². The largest absolute Gasteiger partial charge is 0.324 e. The Hall–Kier alpha value is -2.82. The third kappa shape index (κ3) is 4.29. The van der Waals surface area contributed by atoms with Gasteiger partial charge in [-0.15, -0.1) is 23.1 Å². The van der Waals surface area contributed by atoms with E-state index in [2.05, 4.69) is 15.4 Å². The second-order valence-corrected chi connectivity index (χ2v) is 9.96. The van der Waals surface area contributed by atoms with Crippen molar-refractivity contribution in [1.29, 1.82) is 0 Å². The second-order valence-electron chi connectivity index (χ2n) is 6.09. The van der Waals surface area contributed by atoms with E-state index in [-0.39, 0.29) is 15.8 Å². The van der Waals surface area contributed by atoms with Crippen molar-refractivity contribution in [2.24, 2.45) is 0 Å². The minimum Gasteiger partial charge on any atom is -0.324 e. The molecule has 0 saturated heterocycles. The van der Waals surface area contributed by atoms with Gasteiger partial charge in [0.25, 0.3) is 15.9 Å². The zero-order chi connectivity index (χ0) is 20.4. The highest BCUT2D eigenvalue weighted by Gasteiger charge is 2.20. The first kappa shape index (κ1) is 19.5. The van der Waals surface area contributed by atoms with Gasteiger partial charge in [0.1, 0.15) is 4.21 Å². The van der Waals surface area contributed by atoms with Crippen LogP contribution in [0.5, 0.6) is 0 Å². The summed E-state index contributed by atoms with van der Waals surface area (Å²) >= 11 is 2.51. The minimum absolute atomic E-state index is 0.117. The van der Waals surface area contributed by atoms with Crippen LogP contribution in [0.3, 0.4) is 0 Å². The fourth-order valence-corrected chi connectivity index (χ4v) is 5.57. The molecule has 4 rings (SSSR count). The fraction of sp³-hybridized carbons (Fsp3) is 0.0526. The summed E-state index contributed by atoms with van der Waals surface area (Å²) in [6, 6.07) is 14.8. The van der Waals surface area contributed by atoms with Crippen LogP contribution in [-0.4, -0.2) is 26.0 Å². The van der Waals surface area contributed by atoms with E-state index in [0.29, 0.717) is 22.7 Å². The first-order valence-electron chi connectivity index (χ1n) is 8.46. The summed E-state index contributed by atoms with van der Waals surface area (Å²) < 4.78 is 27.7. The summed E-state index contributed by atoms with van der Waals surface area (Å²) in [6.07, 6.45) is 0. The maximum absolute atomic E-state index is 12.7. The van der Waals surface area contributed by atoms with E-state index in [4.69, 9.17) is 0 Å². The minimum atomic E-state index is -3.74. The van der Waals surface area contributed by atoms with E-state index in [1.807, 2.05) is 0 Å².